The first-order chi connectivity index (χ1) is 10.6. The van der Waals surface area contributed by atoms with Crippen LogP contribution in [0.3, 0.4) is 0 Å². The van der Waals surface area contributed by atoms with Crippen LogP contribution in [-0.2, 0) is 17.8 Å². The predicted octanol–water partition coefficient (Wildman–Crippen LogP) is 2.41. The van der Waals surface area contributed by atoms with E-state index in [1.165, 1.54) is 18.2 Å². The van der Waals surface area contributed by atoms with E-state index >= 15 is 0 Å². The van der Waals surface area contributed by atoms with Crippen molar-refractivity contribution in [2.24, 2.45) is 0 Å². The fraction of sp³-hybridized carbons (Fsp3) is 0.235. The van der Waals surface area contributed by atoms with Gasteiger partial charge in [0.1, 0.15) is 11.6 Å². The number of hydrogen-bond donors (Lipinski definition) is 2. The standard InChI is InChI=1S/C17H18F2N2O/c18-15-7-5-13(6-8-15)9-10-20-12-17(22)21-11-14-3-1-2-4-16(14)19/h1-8,20H,9-12H2,(H,21,22). The SMILES string of the molecule is O=C(CNCCc1ccc(F)cc1)NCc1ccccc1F. The first kappa shape index (κ1) is 16.1. The molecule has 0 fully saturated rings. The Bertz CT molecular complexity index is 614. The van der Waals surface area contributed by atoms with Crippen LogP contribution < -0.4 is 10.6 Å². The lowest BCUT2D eigenvalue weighted by Crippen LogP contribution is -2.34. The van der Waals surface area contributed by atoms with Gasteiger partial charge in [0.25, 0.3) is 0 Å². The summed E-state index contributed by atoms with van der Waals surface area (Å²) in [6, 6.07) is 12.6. The Kier molecular flexibility index (Phi) is 6.03. The van der Waals surface area contributed by atoms with E-state index in [1.54, 1.807) is 30.3 Å². The Morgan fingerprint density at radius 2 is 1.73 bits per heavy atom. The molecule has 1 amide bonds. The van der Waals surface area contributed by atoms with E-state index in [1.807, 2.05) is 0 Å². The van der Waals surface area contributed by atoms with Crippen LogP contribution >= 0.6 is 0 Å². The molecule has 2 aromatic carbocycles. The summed E-state index contributed by atoms with van der Waals surface area (Å²) in [6.07, 6.45) is 0.709. The zero-order chi connectivity index (χ0) is 15.8. The largest absolute Gasteiger partial charge is 0.351 e. The Morgan fingerprint density at radius 3 is 2.45 bits per heavy atom. The highest BCUT2D eigenvalue weighted by Gasteiger charge is 2.04. The lowest BCUT2D eigenvalue weighted by molar-refractivity contribution is -0.120. The van der Waals surface area contributed by atoms with Crippen molar-refractivity contribution in [2.75, 3.05) is 13.1 Å². The molecule has 0 saturated heterocycles. The van der Waals surface area contributed by atoms with Crippen LogP contribution in [0, 0.1) is 11.6 Å². The molecule has 0 aliphatic rings. The van der Waals surface area contributed by atoms with E-state index < -0.39 is 0 Å². The van der Waals surface area contributed by atoms with Gasteiger partial charge in [-0.25, -0.2) is 8.78 Å². The molecule has 0 saturated carbocycles. The van der Waals surface area contributed by atoms with Crippen LogP contribution in [0.25, 0.3) is 0 Å². The molecular weight excluding hydrogens is 286 g/mol. The highest BCUT2D eigenvalue weighted by molar-refractivity contribution is 5.77. The molecular formula is C17H18F2N2O. The Morgan fingerprint density at radius 1 is 1.00 bits per heavy atom. The molecule has 0 spiro atoms. The Balaban J connectivity index is 1.64. The van der Waals surface area contributed by atoms with Gasteiger partial charge in [0, 0.05) is 12.1 Å². The van der Waals surface area contributed by atoms with Gasteiger partial charge in [-0.3, -0.25) is 4.79 Å². The second kappa shape index (κ2) is 8.24. The summed E-state index contributed by atoms with van der Waals surface area (Å²) in [4.78, 5) is 11.6. The average Bonchev–Trinajstić information content (AvgIpc) is 2.52. The minimum Gasteiger partial charge on any atom is -0.351 e. The van der Waals surface area contributed by atoms with Gasteiger partial charge in [-0.15, -0.1) is 0 Å². The van der Waals surface area contributed by atoms with Gasteiger partial charge < -0.3 is 10.6 Å². The molecule has 0 aromatic heterocycles. The number of rotatable bonds is 7. The lowest BCUT2D eigenvalue weighted by Gasteiger charge is -2.07. The summed E-state index contributed by atoms with van der Waals surface area (Å²) in [7, 11) is 0. The van der Waals surface area contributed by atoms with Crippen molar-refractivity contribution in [1.29, 1.82) is 0 Å². The average molecular weight is 304 g/mol. The van der Waals surface area contributed by atoms with Crippen molar-refractivity contribution in [3.8, 4) is 0 Å². The Hall–Kier alpha value is -2.27. The van der Waals surface area contributed by atoms with E-state index in [0.717, 1.165) is 5.56 Å². The fourth-order valence-electron chi connectivity index (χ4n) is 1.98. The van der Waals surface area contributed by atoms with Gasteiger partial charge in [-0.05, 0) is 36.7 Å². The van der Waals surface area contributed by atoms with Crippen molar-refractivity contribution < 1.29 is 13.6 Å². The topological polar surface area (TPSA) is 41.1 Å². The molecule has 0 atom stereocenters. The number of nitrogens with one attached hydrogen (secondary N) is 2. The predicted molar refractivity (Wildman–Crippen MR) is 81.2 cm³/mol. The molecule has 2 N–H and O–H groups in total. The van der Waals surface area contributed by atoms with Crippen molar-refractivity contribution in [3.63, 3.8) is 0 Å². The molecule has 0 unspecified atom stereocenters. The minimum atomic E-state index is -0.327. The van der Waals surface area contributed by atoms with E-state index in [-0.39, 0.29) is 30.6 Å². The summed E-state index contributed by atoms with van der Waals surface area (Å²) in [5.41, 5.74) is 1.46. The second-order valence-electron chi connectivity index (χ2n) is 4.92. The number of hydrogen-bond acceptors (Lipinski definition) is 2. The molecule has 116 valence electrons. The van der Waals surface area contributed by atoms with E-state index in [2.05, 4.69) is 10.6 Å². The molecule has 22 heavy (non-hydrogen) atoms. The van der Waals surface area contributed by atoms with Crippen molar-refractivity contribution in [1.82, 2.24) is 10.6 Å². The number of carbonyl (C=O) groups excluding carboxylic acids is 1. The third-order valence-electron chi connectivity index (χ3n) is 3.22. The number of amides is 1. The molecule has 0 aliphatic carbocycles. The molecule has 2 rings (SSSR count). The van der Waals surface area contributed by atoms with Gasteiger partial charge in [-0.1, -0.05) is 30.3 Å². The highest BCUT2D eigenvalue weighted by atomic mass is 19.1. The fourth-order valence-corrected chi connectivity index (χ4v) is 1.98. The molecule has 0 aliphatic heterocycles. The first-order valence-electron chi connectivity index (χ1n) is 7.10. The van der Waals surface area contributed by atoms with Crippen LogP contribution in [0.5, 0.6) is 0 Å². The quantitative estimate of drug-likeness (QED) is 0.771. The van der Waals surface area contributed by atoms with E-state index in [4.69, 9.17) is 0 Å². The number of halogens is 2. The molecule has 2 aromatic rings. The monoisotopic (exact) mass is 304 g/mol. The summed E-state index contributed by atoms with van der Waals surface area (Å²) in [6.45, 7) is 0.944. The summed E-state index contributed by atoms with van der Waals surface area (Å²) in [5, 5.41) is 5.65. The van der Waals surface area contributed by atoms with Crippen molar-refractivity contribution in [3.05, 3.63) is 71.3 Å². The van der Waals surface area contributed by atoms with Crippen molar-refractivity contribution >= 4 is 5.91 Å². The highest BCUT2D eigenvalue weighted by Crippen LogP contribution is 2.05. The van der Waals surface area contributed by atoms with Crippen LogP contribution in [-0.4, -0.2) is 19.0 Å². The first-order valence-corrected chi connectivity index (χ1v) is 7.10. The normalized spacial score (nSPS) is 10.5. The van der Waals surface area contributed by atoms with Gasteiger partial charge >= 0.3 is 0 Å². The molecule has 0 bridgehead atoms. The van der Waals surface area contributed by atoms with Crippen LogP contribution in [0.2, 0.25) is 0 Å². The third kappa shape index (κ3) is 5.26. The van der Waals surface area contributed by atoms with Crippen molar-refractivity contribution in [2.45, 2.75) is 13.0 Å². The van der Waals surface area contributed by atoms with Crippen LogP contribution in [0.1, 0.15) is 11.1 Å². The third-order valence-corrected chi connectivity index (χ3v) is 3.22. The lowest BCUT2D eigenvalue weighted by atomic mass is 10.1. The smallest absolute Gasteiger partial charge is 0.234 e. The Labute approximate surface area is 128 Å². The zero-order valence-corrected chi connectivity index (χ0v) is 12.1. The van der Waals surface area contributed by atoms with Gasteiger partial charge in [0.2, 0.25) is 5.91 Å². The summed E-state index contributed by atoms with van der Waals surface area (Å²) >= 11 is 0. The van der Waals surface area contributed by atoms with E-state index in [0.29, 0.717) is 18.5 Å². The number of benzene rings is 2. The number of carbonyl (C=O) groups is 1. The van der Waals surface area contributed by atoms with Crippen LogP contribution in [0.4, 0.5) is 8.78 Å². The van der Waals surface area contributed by atoms with Crippen LogP contribution in [0.15, 0.2) is 48.5 Å². The van der Waals surface area contributed by atoms with E-state index in [9.17, 15) is 13.6 Å². The maximum Gasteiger partial charge on any atom is 0.234 e. The zero-order valence-electron chi connectivity index (χ0n) is 12.1. The molecule has 0 radical (unpaired) electrons. The van der Waals surface area contributed by atoms with Gasteiger partial charge in [0.15, 0.2) is 0 Å². The van der Waals surface area contributed by atoms with Gasteiger partial charge in [-0.2, -0.15) is 0 Å². The maximum atomic E-state index is 13.4. The summed E-state index contributed by atoms with van der Waals surface area (Å²) in [5.74, 6) is -0.779. The minimum absolute atomic E-state index is 0.162. The molecule has 5 heteroatoms. The van der Waals surface area contributed by atoms with Gasteiger partial charge in [0.05, 0.1) is 6.54 Å². The summed E-state index contributed by atoms with van der Waals surface area (Å²) < 4.78 is 26.1. The maximum absolute atomic E-state index is 13.4. The molecule has 0 heterocycles. The second-order valence-corrected chi connectivity index (χ2v) is 4.92. The molecule has 3 nitrogen and oxygen atoms in total.